The Kier molecular flexibility index (Phi) is 5.92. The Bertz CT molecular complexity index is 487. The number of hydrogen-bond acceptors (Lipinski definition) is 5. The first-order valence-electron chi connectivity index (χ1n) is 6.45. The molecule has 0 saturated carbocycles. The molecule has 1 atom stereocenters. The third kappa shape index (κ3) is 3.92. The number of carbonyl (C=O) groups is 1. The lowest BCUT2D eigenvalue weighted by atomic mass is 10.1. The minimum absolute atomic E-state index is 0.145. The molecule has 0 aliphatic heterocycles. The van der Waals surface area contributed by atoms with Crippen molar-refractivity contribution in [3.05, 3.63) is 33.9 Å². The van der Waals surface area contributed by atoms with Gasteiger partial charge in [-0.05, 0) is 25.5 Å². The standard InChI is InChI=1S/C13H19N3O4/c1-3-10(8-14)15-13(17)9-5-6-12(20-4-2)11(7-9)16(18)19/h5-7,10H,3-4,8,14H2,1-2H3,(H,15,17). The van der Waals surface area contributed by atoms with E-state index >= 15 is 0 Å². The lowest BCUT2D eigenvalue weighted by molar-refractivity contribution is -0.385. The van der Waals surface area contributed by atoms with Gasteiger partial charge in [0.2, 0.25) is 0 Å². The Hall–Kier alpha value is -2.15. The molecular weight excluding hydrogens is 262 g/mol. The van der Waals surface area contributed by atoms with E-state index in [-0.39, 0.29) is 28.9 Å². The van der Waals surface area contributed by atoms with Gasteiger partial charge in [-0.25, -0.2) is 0 Å². The van der Waals surface area contributed by atoms with Gasteiger partial charge in [0.25, 0.3) is 5.91 Å². The molecule has 1 amide bonds. The molecule has 1 rings (SSSR count). The molecule has 0 heterocycles. The van der Waals surface area contributed by atoms with Gasteiger partial charge in [0.15, 0.2) is 5.75 Å². The van der Waals surface area contributed by atoms with Gasteiger partial charge in [-0.3, -0.25) is 14.9 Å². The van der Waals surface area contributed by atoms with Crippen LogP contribution in [0.5, 0.6) is 5.75 Å². The van der Waals surface area contributed by atoms with Crippen molar-refractivity contribution in [3.8, 4) is 5.75 Å². The fraction of sp³-hybridized carbons (Fsp3) is 0.462. The lowest BCUT2D eigenvalue weighted by Crippen LogP contribution is -2.39. The fourth-order valence-corrected chi connectivity index (χ4v) is 1.68. The van der Waals surface area contributed by atoms with Crippen molar-refractivity contribution in [3.63, 3.8) is 0 Å². The Morgan fingerprint density at radius 1 is 1.50 bits per heavy atom. The van der Waals surface area contributed by atoms with Gasteiger partial charge in [0.1, 0.15) is 0 Å². The van der Waals surface area contributed by atoms with E-state index in [9.17, 15) is 14.9 Å². The number of nitrogens with two attached hydrogens (primary N) is 1. The molecule has 7 nitrogen and oxygen atoms in total. The van der Waals surface area contributed by atoms with Crippen LogP contribution in [0.15, 0.2) is 18.2 Å². The van der Waals surface area contributed by atoms with Gasteiger partial charge >= 0.3 is 5.69 Å². The van der Waals surface area contributed by atoms with Gasteiger partial charge in [-0.2, -0.15) is 0 Å². The number of ether oxygens (including phenoxy) is 1. The second-order valence-electron chi connectivity index (χ2n) is 4.19. The molecule has 0 bridgehead atoms. The summed E-state index contributed by atoms with van der Waals surface area (Å²) in [6.45, 7) is 4.27. The van der Waals surface area contributed by atoms with Crippen LogP contribution in [0.4, 0.5) is 5.69 Å². The molecule has 110 valence electrons. The highest BCUT2D eigenvalue weighted by Crippen LogP contribution is 2.27. The highest BCUT2D eigenvalue weighted by atomic mass is 16.6. The third-order valence-electron chi connectivity index (χ3n) is 2.83. The molecule has 7 heteroatoms. The maximum Gasteiger partial charge on any atom is 0.311 e. The second kappa shape index (κ2) is 7.44. The predicted molar refractivity (Wildman–Crippen MR) is 74.9 cm³/mol. The number of amides is 1. The van der Waals surface area contributed by atoms with Gasteiger partial charge < -0.3 is 15.8 Å². The second-order valence-corrected chi connectivity index (χ2v) is 4.19. The van der Waals surface area contributed by atoms with Crippen molar-refractivity contribution in [2.24, 2.45) is 5.73 Å². The van der Waals surface area contributed by atoms with Crippen LogP contribution in [0.2, 0.25) is 0 Å². The van der Waals surface area contributed by atoms with Crippen LogP contribution in [-0.4, -0.2) is 30.0 Å². The van der Waals surface area contributed by atoms with Crippen LogP contribution >= 0.6 is 0 Å². The topological polar surface area (TPSA) is 107 Å². The van der Waals surface area contributed by atoms with Gasteiger partial charge in [-0.1, -0.05) is 6.92 Å². The number of hydrogen-bond donors (Lipinski definition) is 2. The largest absolute Gasteiger partial charge is 0.487 e. The smallest absolute Gasteiger partial charge is 0.311 e. The van der Waals surface area contributed by atoms with Crippen LogP contribution < -0.4 is 15.8 Å². The quantitative estimate of drug-likeness (QED) is 0.581. The monoisotopic (exact) mass is 281 g/mol. The van der Waals surface area contributed by atoms with Crippen LogP contribution in [0.3, 0.4) is 0 Å². The highest BCUT2D eigenvalue weighted by molar-refractivity contribution is 5.95. The first-order valence-corrected chi connectivity index (χ1v) is 6.45. The number of nitro groups is 1. The van der Waals surface area contributed by atoms with Crippen molar-refractivity contribution in [1.29, 1.82) is 0 Å². The summed E-state index contributed by atoms with van der Waals surface area (Å²) in [5.41, 5.74) is 5.50. The lowest BCUT2D eigenvalue weighted by Gasteiger charge is -2.14. The van der Waals surface area contributed by atoms with Crippen molar-refractivity contribution in [1.82, 2.24) is 5.32 Å². The number of benzene rings is 1. The Morgan fingerprint density at radius 2 is 2.20 bits per heavy atom. The molecule has 0 spiro atoms. The van der Waals surface area contributed by atoms with Crippen LogP contribution in [-0.2, 0) is 0 Å². The molecule has 1 unspecified atom stereocenters. The molecule has 0 saturated heterocycles. The van der Waals surface area contributed by atoms with Crippen molar-refractivity contribution >= 4 is 11.6 Å². The SMILES string of the molecule is CCOc1ccc(C(=O)NC(CC)CN)cc1[N+](=O)[O-]. The molecule has 0 fully saturated rings. The summed E-state index contributed by atoms with van der Waals surface area (Å²) in [4.78, 5) is 22.4. The zero-order valence-corrected chi connectivity index (χ0v) is 11.6. The van der Waals surface area contributed by atoms with E-state index in [1.807, 2.05) is 6.92 Å². The van der Waals surface area contributed by atoms with E-state index in [1.54, 1.807) is 6.92 Å². The van der Waals surface area contributed by atoms with E-state index in [0.717, 1.165) is 0 Å². The van der Waals surface area contributed by atoms with Gasteiger partial charge in [-0.15, -0.1) is 0 Å². The summed E-state index contributed by atoms with van der Waals surface area (Å²) >= 11 is 0. The fourth-order valence-electron chi connectivity index (χ4n) is 1.68. The minimum atomic E-state index is -0.567. The number of nitrogens with zero attached hydrogens (tertiary/aromatic N) is 1. The molecule has 3 N–H and O–H groups in total. The maximum atomic E-state index is 12.0. The summed E-state index contributed by atoms with van der Waals surface area (Å²) in [7, 11) is 0. The average Bonchev–Trinajstić information content (AvgIpc) is 2.44. The van der Waals surface area contributed by atoms with Crippen molar-refractivity contribution < 1.29 is 14.5 Å². The normalized spacial score (nSPS) is 11.8. The first-order chi connectivity index (χ1) is 9.53. The average molecular weight is 281 g/mol. The van der Waals surface area contributed by atoms with Crippen LogP contribution in [0, 0.1) is 10.1 Å². The Morgan fingerprint density at radius 3 is 2.70 bits per heavy atom. The zero-order chi connectivity index (χ0) is 15.1. The summed E-state index contributed by atoms with van der Waals surface area (Å²) < 4.78 is 5.16. The third-order valence-corrected chi connectivity index (χ3v) is 2.83. The van der Waals surface area contributed by atoms with Crippen LogP contribution in [0.25, 0.3) is 0 Å². The Balaban J connectivity index is 2.99. The van der Waals surface area contributed by atoms with E-state index in [4.69, 9.17) is 10.5 Å². The number of rotatable bonds is 7. The first kappa shape index (κ1) is 15.9. The summed E-state index contributed by atoms with van der Waals surface area (Å²) in [6.07, 6.45) is 0.696. The molecule has 20 heavy (non-hydrogen) atoms. The summed E-state index contributed by atoms with van der Waals surface area (Å²) in [6, 6.07) is 3.99. The maximum absolute atomic E-state index is 12.0. The molecule has 0 aliphatic carbocycles. The van der Waals surface area contributed by atoms with Crippen LogP contribution in [0.1, 0.15) is 30.6 Å². The molecular formula is C13H19N3O4. The minimum Gasteiger partial charge on any atom is -0.487 e. The van der Waals surface area contributed by atoms with E-state index in [0.29, 0.717) is 19.6 Å². The molecule has 1 aromatic carbocycles. The zero-order valence-electron chi connectivity index (χ0n) is 11.6. The Labute approximate surface area is 117 Å². The summed E-state index contributed by atoms with van der Waals surface area (Å²) in [5.74, 6) is -0.228. The van der Waals surface area contributed by atoms with E-state index in [1.165, 1.54) is 18.2 Å². The van der Waals surface area contributed by atoms with Gasteiger partial charge in [0.05, 0.1) is 11.5 Å². The van der Waals surface area contributed by atoms with E-state index in [2.05, 4.69) is 5.32 Å². The van der Waals surface area contributed by atoms with Crippen molar-refractivity contribution in [2.45, 2.75) is 26.3 Å². The number of carbonyl (C=O) groups excluding carboxylic acids is 1. The van der Waals surface area contributed by atoms with Crippen molar-refractivity contribution in [2.75, 3.05) is 13.2 Å². The number of nitrogens with one attached hydrogen (secondary N) is 1. The highest BCUT2D eigenvalue weighted by Gasteiger charge is 2.19. The van der Waals surface area contributed by atoms with Gasteiger partial charge in [0, 0.05) is 24.2 Å². The molecule has 0 aliphatic rings. The summed E-state index contributed by atoms with van der Waals surface area (Å²) in [5, 5.41) is 13.7. The molecule has 0 aromatic heterocycles. The molecule has 1 aromatic rings. The number of nitro benzene ring substituents is 1. The molecule has 0 radical (unpaired) electrons. The predicted octanol–water partition coefficient (Wildman–Crippen LogP) is 1.46. The van der Waals surface area contributed by atoms with E-state index < -0.39 is 4.92 Å².